The van der Waals surface area contributed by atoms with Gasteiger partial charge in [-0.3, -0.25) is 9.48 Å². The van der Waals surface area contributed by atoms with Crippen LogP contribution in [0.25, 0.3) is 16.7 Å². The summed E-state index contributed by atoms with van der Waals surface area (Å²) in [5.41, 5.74) is 1.28. The van der Waals surface area contributed by atoms with Gasteiger partial charge in [0.25, 0.3) is 0 Å². The van der Waals surface area contributed by atoms with Gasteiger partial charge in [-0.05, 0) is 24.3 Å². The van der Waals surface area contributed by atoms with Crippen LogP contribution >= 0.6 is 0 Å². The van der Waals surface area contributed by atoms with Crippen molar-refractivity contribution in [2.75, 3.05) is 7.11 Å². The molecular formula is C12H11N5O2. The Hall–Kier alpha value is -2.70. The second kappa shape index (κ2) is 4.20. The molecule has 3 aromatic rings. The third kappa shape index (κ3) is 1.75. The van der Waals surface area contributed by atoms with Crippen LogP contribution in [0.1, 0.15) is 0 Å². The van der Waals surface area contributed by atoms with Crippen LogP contribution in [-0.2, 0) is 7.05 Å². The molecule has 2 heterocycles. The summed E-state index contributed by atoms with van der Waals surface area (Å²) < 4.78 is 7.81. The first-order valence-electron chi connectivity index (χ1n) is 5.63. The minimum atomic E-state index is -0.254. The average molecular weight is 257 g/mol. The number of hydrogen-bond donors (Lipinski definition) is 0. The highest BCUT2D eigenvalue weighted by Crippen LogP contribution is 2.13. The van der Waals surface area contributed by atoms with Crippen LogP contribution in [0.15, 0.2) is 35.3 Å². The summed E-state index contributed by atoms with van der Waals surface area (Å²) in [6, 6.07) is 7.02. The normalized spacial score (nSPS) is 10.8. The smallest absolute Gasteiger partial charge is 0.300 e. The SMILES string of the molecule is COc1ccc(-n2nnc3cnn(C)c3c2=O)cc1. The molecule has 0 aliphatic carbocycles. The van der Waals surface area contributed by atoms with Crippen LogP contribution < -0.4 is 10.3 Å². The molecule has 1 aromatic carbocycles. The summed E-state index contributed by atoms with van der Waals surface area (Å²) in [5.74, 6) is 0.714. The first-order chi connectivity index (χ1) is 9.20. The maximum atomic E-state index is 12.3. The molecule has 7 heteroatoms. The minimum absolute atomic E-state index is 0.254. The topological polar surface area (TPSA) is 74.8 Å². The lowest BCUT2D eigenvalue weighted by molar-refractivity contribution is 0.414. The van der Waals surface area contributed by atoms with Gasteiger partial charge in [0.15, 0.2) is 5.52 Å². The van der Waals surface area contributed by atoms with E-state index in [0.29, 0.717) is 22.5 Å². The Labute approximate surface area is 108 Å². The van der Waals surface area contributed by atoms with Crippen molar-refractivity contribution in [3.05, 3.63) is 40.8 Å². The zero-order valence-corrected chi connectivity index (χ0v) is 10.4. The molecule has 7 nitrogen and oxygen atoms in total. The summed E-state index contributed by atoms with van der Waals surface area (Å²) >= 11 is 0. The Kier molecular flexibility index (Phi) is 2.52. The van der Waals surface area contributed by atoms with E-state index in [-0.39, 0.29) is 5.56 Å². The number of nitrogens with zero attached hydrogens (tertiary/aromatic N) is 5. The van der Waals surface area contributed by atoms with E-state index in [1.807, 2.05) is 0 Å². The molecule has 0 N–H and O–H groups in total. The molecular weight excluding hydrogens is 246 g/mol. The highest BCUT2D eigenvalue weighted by molar-refractivity contribution is 5.72. The van der Waals surface area contributed by atoms with Crippen molar-refractivity contribution in [2.45, 2.75) is 0 Å². The van der Waals surface area contributed by atoms with Crippen LogP contribution in [0.5, 0.6) is 5.75 Å². The minimum Gasteiger partial charge on any atom is -0.497 e. The summed E-state index contributed by atoms with van der Waals surface area (Å²) in [5, 5.41) is 11.9. The molecule has 2 aromatic heterocycles. The van der Waals surface area contributed by atoms with Gasteiger partial charge in [0.2, 0.25) is 0 Å². The molecule has 0 atom stereocenters. The van der Waals surface area contributed by atoms with Crippen LogP contribution in [0.3, 0.4) is 0 Å². The van der Waals surface area contributed by atoms with Crippen LogP contribution in [0, 0.1) is 0 Å². The fourth-order valence-corrected chi connectivity index (χ4v) is 1.87. The lowest BCUT2D eigenvalue weighted by atomic mass is 10.3. The summed E-state index contributed by atoms with van der Waals surface area (Å²) in [6.07, 6.45) is 1.52. The van der Waals surface area contributed by atoms with Crippen molar-refractivity contribution in [3.8, 4) is 11.4 Å². The number of ether oxygens (including phenoxy) is 1. The van der Waals surface area contributed by atoms with E-state index in [9.17, 15) is 4.79 Å². The highest BCUT2D eigenvalue weighted by atomic mass is 16.5. The quantitative estimate of drug-likeness (QED) is 0.669. The molecule has 0 spiro atoms. The van der Waals surface area contributed by atoms with Crippen LogP contribution in [0.4, 0.5) is 0 Å². The van der Waals surface area contributed by atoms with Gasteiger partial charge in [-0.15, -0.1) is 5.10 Å². The second-order valence-electron chi connectivity index (χ2n) is 4.01. The molecule has 3 rings (SSSR count). The molecule has 96 valence electrons. The van der Waals surface area contributed by atoms with Crippen molar-refractivity contribution < 1.29 is 4.74 Å². The number of hydrogen-bond acceptors (Lipinski definition) is 5. The standard InChI is InChI=1S/C12H11N5O2/c1-16-11-10(7-13-16)14-15-17(12(11)18)8-3-5-9(19-2)6-4-8/h3-7H,1-2H3. The van der Waals surface area contributed by atoms with Crippen molar-refractivity contribution >= 4 is 11.0 Å². The van der Waals surface area contributed by atoms with Crippen molar-refractivity contribution in [2.24, 2.45) is 7.05 Å². The van der Waals surface area contributed by atoms with E-state index in [4.69, 9.17) is 4.74 Å². The Morgan fingerprint density at radius 1 is 1.21 bits per heavy atom. The highest BCUT2D eigenvalue weighted by Gasteiger charge is 2.11. The molecule has 0 aliphatic heterocycles. The van der Waals surface area contributed by atoms with Gasteiger partial charge in [-0.25, -0.2) is 0 Å². The average Bonchev–Trinajstić information content (AvgIpc) is 2.82. The van der Waals surface area contributed by atoms with Gasteiger partial charge < -0.3 is 4.74 Å². The number of rotatable bonds is 2. The third-order valence-electron chi connectivity index (χ3n) is 2.87. The molecule has 0 fully saturated rings. The second-order valence-corrected chi connectivity index (χ2v) is 4.01. The zero-order valence-electron chi connectivity index (χ0n) is 10.4. The van der Waals surface area contributed by atoms with Crippen molar-refractivity contribution in [1.82, 2.24) is 24.8 Å². The molecule has 0 saturated heterocycles. The zero-order chi connectivity index (χ0) is 13.4. The Balaban J connectivity index is 2.21. The fraction of sp³-hybridized carbons (Fsp3) is 0.167. The van der Waals surface area contributed by atoms with E-state index in [2.05, 4.69) is 15.4 Å². The number of fused-ring (bicyclic) bond motifs is 1. The largest absolute Gasteiger partial charge is 0.497 e. The molecule has 0 amide bonds. The lowest BCUT2D eigenvalue weighted by Gasteiger charge is -2.04. The first-order valence-corrected chi connectivity index (χ1v) is 5.63. The van der Waals surface area contributed by atoms with Gasteiger partial charge in [0.05, 0.1) is 19.0 Å². The first kappa shape index (κ1) is 11.4. The van der Waals surface area contributed by atoms with E-state index < -0.39 is 0 Å². The molecule has 0 unspecified atom stereocenters. The van der Waals surface area contributed by atoms with E-state index in [1.54, 1.807) is 38.4 Å². The van der Waals surface area contributed by atoms with Gasteiger partial charge in [-0.1, -0.05) is 5.21 Å². The van der Waals surface area contributed by atoms with Crippen molar-refractivity contribution in [3.63, 3.8) is 0 Å². The maximum absolute atomic E-state index is 12.3. The molecule has 19 heavy (non-hydrogen) atoms. The molecule has 0 radical (unpaired) electrons. The van der Waals surface area contributed by atoms with E-state index >= 15 is 0 Å². The maximum Gasteiger partial charge on any atom is 0.300 e. The Morgan fingerprint density at radius 2 is 1.95 bits per heavy atom. The summed E-state index contributed by atoms with van der Waals surface area (Å²) in [4.78, 5) is 12.3. The fourth-order valence-electron chi connectivity index (χ4n) is 1.87. The van der Waals surface area contributed by atoms with Crippen LogP contribution in [0.2, 0.25) is 0 Å². The van der Waals surface area contributed by atoms with Crippen LogP contribution in [-0.4, -0.2) is 31.9 Å². The van der Waals surface area contributed by atoms with Gasteiger partial charge in [-0.2, -0.15) is 9.78 Å². The summed E-state index contributed by atoms with van der Waals surface area (Å²) in [6.45, 7) is 0. The van der Waals surface area contributed by atoms with E-state index in [1.165, 1.54) is 15.6 Å². The monoisotopic (exact) mass is 257 g/mol. The van der Waals surface area contributed by atoms with Gasteiger partial charge >= 0.3 is 5.56 Å². The number of aryl methyl sites for hydroxylation is 1. The Bertz CT molecular complexity index is 788. The van der Waals surface area contributed by atoms with Crippen molar-refractivity contribution in [1.29, 1.82) is 0 Å². The van der Waals surface area contributed by atoms with Gasteiger partial charge in [0, 0.05) is 7.05 Å². The number of benzene rings is 1. The van der Waals surface area contributed by atoms with E-state index in [0.717, 1.165) is 0 Å². The molecule has 0 aliphatic rings. The predicted octanol–water partition coefficient (Wildman–Crippen LogP) is 0.523. The Morgan fingerprint density at radius 3 is 2.63 bits per heavy atom. The number of aromatic nitrogens is 5. The molecule has 0 bridgehead atoms. The number of methoxy groups -OCH3 is 1. The third-order valence-corrected chi connectivity index (χ3v) is 2.87. The predicted molar refractivity (Wildman–Crippen MR) is 68.5 cm³/mol. The molecule has 0 saturated carbocycles. The van der Waals surface area contributed by atoms with Gasteiger partial charge in [0.1, 0.15) is 11.3 Å². The summed E-state index contributed by atoms with van der Waals surface area (Å²) in [7, 11) is 3.28. The lowest BCUT2D eigenvalue weighted by Crippen LogP contribution is -2.23.